The van der Waals surface area contributed by atoms with Crippen molar-refractivity contribution in [2.24, 2.45) is 0 Å². The molecule has 0 amide bonds. The summed E-state index contributed by atoms with van der Waals surface area (Å²) in [5.41, 5.74) is 1.30. The van der Waals surface area contributed by atoms with Crippen molar-refractivity contribution in [3.05, 3.63) is 35.6 Å². The SMILES string of the molecule is COc1cc(OC2CCNCC2)c2c(Nc3c(Cl)ccc4c3OCO4)ncnc2c1.Cl.Cl. The Balaban J connectivity index is 0.00000144. The third-order valence-corrected chi connectivity index (χ3v) is 5.54. The quantitative estimate of drug-likeness (QED) is 0.518. The highest BCUT2D eigenvalue weighted by atomic mass is 35.5. The molecule has 3 heterocycles. The van der Waals surface area contributed by atoms with Crippen LogP contribution < -0.4 is 29.6 Å². The lowest BCUT2D eigenvalue weighted by Gasteiger charge is -2.25. The van der Waals surface area contributed by atoms with Crippen LogP contribution in [0.25, 0.3) is 10.9 Å². The van der Waals surface area contributed by atoms with Gasteiger partial charge in [-0.3, -0.25) is 0 Å². The van der Waals surface area contributed by atoms with Crippen LogP contribution in [-0.2, 0) is 0 Å². The number of hydrogen-bond acceptors (Lipinski definition) is 8. The molecule has 0 unspecified atom stereocenters. The number of rotatable bonds is 5. The highest BCUT2D eigenvalue weighted by Crippen LogP contribution is 2.46. The summed E-state index contributed by atoms with van der Waals surface area (Å²) in [6, 6.07) is 7.27. The van der Waals surface area contributed by atoms with E-state index in [-0.39, 0.29) is 37.7 Å². The molecule has 172 valence electrons. The van der Waals surface area contributed by atoms with Crippen molar-refractivity contribution in [3.8, 4) is 23.0 Å². The number of anilines is 2. The Labute approximate surface area is 202 Å². The molecule has 5 rings (SSSR count). The molecule has 11 heteroatoms. The van der Waals surface area contributed by atoms with Gasteiger partial charge in [-0.15, -0.1) is 24.8 Å². The minimum Gasteiger partial charge on any atom is -0.497 e. The van der Waals surface area contributed by atoms with Crippen LogP contribution in [0.2, 0.25) is 5.02 Å². The molecule has 2 aliphatic rings. The summed E-state index contributed by atoms with van der Waals surface area (Å²) in [6.45, 7) is 2.00. The number of nitrogens with zero attached hydrogens (tertiary/aromatic N) is 2. The number of nitrogens with one attached hydrogen (secondary N) is 2. The number of ether oxygens (including phenoxy) is 4. The molecule has 0 saturated carbocycles. The normalized spacial score (nSPS) is 14.9. The molecule has 1 saturated heterocycles. The summed E-state index contributed by atoms with van der Waals surface area (Å²) in [7, 11) is 1.63. The summed E-state index contributed by atoms with van der Waals surface area (Å²) in [5.74, 6) is 3.10. The zero-order chi connectivity index (χ0) is 20.5. The predicted octanol–water partition coefficient (Wildman–Crippen LogP) is 4.74. The van der Waals surface area contributed by atoms with Crippen LogP contribution in [-0.4, -0.2) is 43.1 Å². The second-order valence-corrected chi connectivity index (χ2v) is 7.50. The van der Waals surface area contributed by atoms with E-state index in [4.69, 9.17) is 30.5 Å². The Bertz CT molecular complexity index is 1100. The summed E-state index contributed by atoms with van der Waals surface area (Å²) >= 11 is 6.45. The van der Waals surface area contributed by atoms with Gasteiger partial charge >= 0.3 is 0 Å². The first-order chi connectivity index (χ1) is 14.7. The van der Waals surface area contributed by atoms with Crippen molar-refractivity contribution in [2.45, 2.75) is 18.9 Å². The third kappa shape index (κ3) is 4.68. The molecule has 8 nitrogen and oxygen atoms in total. The Kier molecular flexibility index (Phi) is 7.95. The second-order valence-electron chi connectivity index (χ2n) is 7.09. The van der Waals surface area contributed by atoms with Crippen LogP contribution in [0.4, 0.5) is 11.5 Å². The third-order valence-electron chi connectivity index (χ3n) is 5.22. The Hall–Kier alpha value is -2.39. The molecular formula is C21H23Cl3N4O4. The number of piperidine rings is 1. The smallest absolute Gasteiger partial charge is 0.231 e. The first-order valence-electron chi connectivity index (χ1n) is 9.78. The van der Waals surface area contributed by atoms with Crippen LogP contribution in [0, 0.1) is 0 Å². The average Bonchev–Trinajstić information content (AvgIpc) is 3.25. The number of aromatic nitrogens is 2. The van der Waals surface area contributed by atoms with Gasteiger partial charge in [-0.25, -0.2) is 9.97 Å². The highest BCUT2D eigenvalue weighted by molar-refractivity contribution is 6.34. The molecule has 1 fully saturated rings. The molecule has 2 aromatic carbocycles. The molecular weight excluding hydrogens is 479 g/mol. The lowest BCUT2D eigenvalue weighted by atomic mass is 10.1. The van der Waals surface area contributed by atoms with Crippen molar-refractivity contribution in [1.82, 2.24) is 15.3 Å². The van der Waals surface area contributed by atoms with E-state index in [1.165, 1.54) is 6.33 Å². The Morgan fingerprint density at radius 2 is 1.94 bits per heavy atom. The van der Waals surface area contributed by atoms with Gasteiger partial charge in [-0.1, -0.05) is 11.6 Å². The molecule has 1 aromatic heterocycles. The van der Waals surface area contributed by atoms with E-state index in [0.717, 1.165) is 31.3 Å². The van der Waals surface area contributed by atoms with Crippen molar-refractivity contribution < 1.29 is 18.9 Å². The summed E-state index contributed by atoms with van der Waals surface area (Å²) in [4.78, 5) is 8.90. The first kappa shape index (κ1) is 24.3. The van der Waals surface area contributed by atoms with Crippen LogP contribution in [0.15, 0.2) is 30.6 Å². The Morgan fingerprint density at radius 1 is 1.12 bits per heavy atom. The highest BCUT2D eigenvalue weighted by Gasteiger charge is 2.23. The van der Waals surface area contributed by atoms with Gasteiger partial charge < -0.3 is 29.6 Å². The van der Waals surface area contributed by atoms with Gasteiger partial charge in [-0.2, -0.15) is 0 Å². The van der Waals surface area contributed by atoms with Gasteiger partial charge in [0.15, 0.2) is 11.5 Å². The molecule has 0 spiro atoms. The molecule has 0 bridgehead atoms. The van der Waals surface area contributed by atoms with Crippen molar-refractivity contribution >= 4 is 58.8 Å². The first-order valence-corrected chi connectivity index (χ1v) is 10.2. The van der Waals surface area contributed by atoms with E-state index in [1.54, 1.807) is 19.2 Å². The monoisotopic (exact) mass is 500 g/mol. The summed E-state index contributed by atoms with van der Waals surface area (Å²) < 4.78 is 22.9. The fourth-order valence-electron chi connectivity index (χ4n) is 3.71. The zero-order valence-electron chi connectivity index (χ0n) is 17.2. The fourth-order valence-corrected chi connectivity index (χ4v) is 3.91. The standard InChI is InChI=1S/C21H21ClN4O4.2ClH/c1-27-13-8-15-18(17(9-13)30-12-4-6-23-7-5-12)21(25-10-24-15)26-19-14(22)2-3-16-20(19)29-11-28-16;;/h2-3,8-10,12,23H,4-7,11H2,1H3,(H,24,25,26);2*1H. The zero-order valence-corrected chi connectivity index (χ0v) is 19.6. The van der Waals surface area contributed by atoms with E-state index in [0.29, 0.717) is 45.0 Å². The van der Waals surface area contributed by atoms with Crippen molar-refractivity contribution in [1.29, 1.82) is 0 Å². The number of benzene rings is 2. The molecule has 0 radical (unpaired) electrons. The molecule has 2 aliphatic heterocycles. The average molecular weight is 502 g/mol. The van der Waals surface area contributed by atoms with Crippen molar-refractivity contribution in [3.63, 3.8) is 0 Å². The molecule has 0 atom stereocenters. The number of methoxy groups -OCH3 is 1. The van der Waals surface area contributed by atoms with Gasteiger partial charge in [0.2, 0.25) is 6.79 Å². The van der Waals surface area contributed by atoms with E-state index in [9.17, 15) is 0 Å². The van der Waals surface area contributed by atoms with E-state index in [2.05, 4.69) is 20.6 Å². The Morgan fingerprint density at radius 3 is 2.72 bits per heavy atom. The van der Waals surface area contributed by atoms with Gasteiger partial charge in [0.25, 0.3) is 0 Å². The van der Waals surface area contributed by atoms with Crippen LogP contribution >= 0.6 is 36.4 Å². The minimum absolute atomic E-state index is 0. The second kappa shape index (κ2) is 10.5. The topological polar surface area (TPSA) is 86.8 Å². The van der Waals surface area contributed by atoms with Gasteiger partial charge in [-0.05, 0) is 38.1 Å². The minimum atomic E-state index is 0. The summed E-state index contributed by atoms with van der Waals surface area (Å²) in [5, 5.41) is 7.92. The lowest BCUT2D eigenvalue weighted by Crippen LogP contribution is -2.34. The maximum Gasteiger partial charge on any atom is 0.231 e. The van der Waals surface area contributed by atoms with Crippen LogP contribution in [0.1, 0.15) is 12.8 Å². The fraction of sp³-hybridized carbons (Fsp3) is 0.333. The molecule has 3 aromatic rings. The van der Waals surface area contributed by atoms with Gasteiger partial charge in [0, 0.05) is 12.1 Å². The maximum absolute atomic E-state index is 6.45. The number of halogens is 3. The lowest BCUT2D eigenvalue weighted by molar-refractivity contribution is 0.164. The van der Waals surface area contributed by atoms with E-state index >= 15 is 0 Å². The van der Waals surface area contributed by atoms with Crippen LogP contribution in [0.3, 0.4) is 0 Å². The van der Waals surface area contributed by atoms with E-state index < -0.39 is 0 Å². The molecule has 0 aliphatic carbocycles. The molecule has 32 heavy (non-hydrogen) atoms. The molecule has 2 N–H and O–H groups in total. The number of fused-ring (bicyclic) bond motifs is 2. The maximum atomic E-state index is 6.45. The predicted molar refractivity (Wildman–Crippen MR) is 128 cm³/mol. The largest absolute Gasteiger partial charge is 0.497 e. The van der Waals surface area contributed by atoms with E-state index in [1.807, 2.05) is 12.1 Å². The number of hydrogen-bond donors (Lipinski definition) is 2. The summed E-state index contributed by atoms with van der Waals surface area (Å²) in [6.07, 6.45) is 3.46. The van der Waals surface area contributed by atoms with Gasteiger partial charge in [0.1, 0.15) is 35.4 Å². The van der Waals surface area contributed by atoms with Crippen molar-refractivity contribution in [2.75, 3.05) is 32.3 Å². The van der Waals surface area contributed by atoms with Crippen LogP contribution in [0.5, 0.6) is 23.0 Å². The van der Waals surface area contributed by atoms with Gasteiger partial charge in [0.05, 0.1) is 23.0 Å².